The second-order valence-corrected chi connectivity index (χ2v) is 8.01. The first-order valence-corrected chi connectivity index (χ1v) is 10.7. The number of benzene rings is 2. The molecule has 1 aliphatic rings. The smallest absolute Gasteiger partial charge is 0.251 e. The zero-order chi connectivity index (χ0) is 20.9. The minimum atomic E-state index is -0.00998. The van der Waals surface area contributed by atoms with Gasteiger partial charge in [0.1, 0.15) is 23.8 Å². The summed E-state index contributed by atoms with van der Waals surface area (Å²) in [5.41, 5.74) is 3.47. The van der Waals surface area contributed by atoms with Crippen molar-refractivity contribution in [3.63, 3.8) is 0 Å². The van der Waals surface area contributed by atoms with Crippen molar-refractivity contribution in [3.8, 4) is 17.2 Å². The maximum atomic E-state index is 12.5. The predicted molar refractivity (Wildman–Crippen MR) is 117 cm³/mol. The molecule has 0 bridgehead atoms. The first kappa shape index (κ1) is 20.2. The van der Waals surface area contributed by atoms with E-state index >= 15 is 0 Å². The van der Waals surface area contributed by atoms with Gasteiger partial charge in [-0.15, -0.1) is 0 Å². The van der Waals surface area contributed by atoms with Crippen LogP contribution < -0.4 is 10.1 Å². The lowest BCUT2D eigenvalue weighted by Gasteiger charge is -2.22. The average molecular weight is 405 g/mol. The van der Waals surface area contributed by atoms with Crippen molar-refractivity contribution in [2.45, 2.75) is 58.6 Å². The Morgan fingerprint density at radius 3 is 2.43 bits per heavy atom. The fraction of sp³-hybridized carbons (Fsp3) is 0.360. The van der Waals surface area contributed by atoms with Crippen molar-refractivity contribution >= 4 is 5.91 Å². The van der Waals surface area contributed by atoms with Gasteiger partial charge in [0.15, 0.2) is 0 Å². The summed E-state index contributed by atoms with van der Waals surface area (Å²) in [6.45, 7) is 4.28. The van der Waals surface area contributed by atoms with E-state index in [2.05, 4.69) is 10.3 Å². The Kier molecular flexibility index (Phi) is 6.17. The van der Waals surface area contributed by atoms with E-state index in [1.807, 2.05) is 62.4 Å². The van der Waals surface area contributed by atoms with E-state index in [4.69, 9.17) is 9.15 Å². The topological polar surface area (TPSA) is 64.4 Å². The van der Waals surface area contributed by atoms with Crippen LogP contribution in [0.25, 0.3) is 11.5 Å². The van der Waals surface area contributed by atoms with E-state index in [9.17, 15) is 4.79 Å². The van der Waals surface area contributed by atoms with E-state index < -0.39 is 0 Å². The van der Waals surface area contributed by atoms with Crippen LogP contribution in [0.4, 0.5) is 0 Å². The van der Waals surface area contributed by atoms with Crippen molar-refractivity contribution in [1.29, 1.82) is 0 Å². The number of nitrogens with one attached hydrogen (secondary N) is 1. The van der Waals surface area contributed by atoms with Crippen LogP contribution in [0.1, 0.15) is 59.5 Å². The Hall–Kier alpha value is -3.08. The van der Waals surface area contributed by atoms with Crippen LogP contribution in [0.15, 0.2) is 52.9 Å². The first-order chi connectivity index (χ1) is 14.6. The number of carbonyl (C=O) groups is 1. The Bertz CT molecular complexity index is 984. The summed E-state index contributed by atoms with van der Waals surface area (Å²) >= 11 is 0. The van der Waals surface area contributed by atoms with Gasteiger partial charge < -0.3 is 14.5 Å². The lowest BCUT2D eigenvalue weighted by molar-refractivity contribution is 0.0927. The van der Waals surface area contributed by atoms with Gasteiger partial charge in [0.2, 0.25) is 5.89 Å². The van der Waals surface area contributed by atoms with Gasteiger partial charge in [-0.2, -0.15) is 0 Å². The van der Waals surface area contributed by atoms with E-state index in [0.717, 1.165) is 35.6 Å². The summed E-state index contributed by atoms with van der Waals surface area (Å²) in [4.78, 5) is 17.1. The van der Waals surface area contributed by atoms with Crippen LogP contribution in [0.3, 0.4) is 0 Å². The van der Waals surface area contributed by atoms with Crippen molar-refractivity contribution in [3.05, 3.63) is 71.1 Å². The molecule has 0 aliphatic heterocycles. The second kappa shape index (κ2) is 9.16. The van der Waals surface area contributed by atoms with Crippen LogP contribution in [0.5, 0.6) is 5.75 Å². The molecule has 1 heterocycles. The zero-order valence-corrected chi connectivity index (χ0v) is 17.6. The molecule has 4 rings (SSSR count). The van der Waals surface area contributed by atoms with E-state index in [-0.39, 0.29) is 5.91 Å². The number of aryl methyl sites for hydroxylation is 2. The molecular formula is C25H28N2O3. The highest BCUT2D eigenvalue weighted by Crippen LogP contribution is 2.24. The minimum absolute atomic E-state index is 0.00998. The maximum Gasteiger partial charge on any atom is 0.251 e. The summed E-state index contributed by atoms with van der Waals surface area (Å²) in [7, 11) is 0. The molecule has 1 amide bonds. The van der Waals surface area contributed by atoms with Gasteiger partial charge in [-0.25, -0.2) is 4.98 Å². The third kappa shape index (κ3) is 4.90. The zero-order valence-electron chi connectivity index (χ0n) is 17.6. The molecule has 0 radical (unpaired) electrons. The number of amides is 1. The third-order valence-electron chi connectivity index (χ3n) is 5.62. The predicted octanol–water partition coefficient (Wildman–Crippen LogP) is 5.60. The Balaban J connectivity index is 1.39. The molecule has 1 N–H and O–H groups in total. The second-order valence-electron chi connectivity index (χ2n) is 8.01. The minimum Gasteiger partial charge on any atom is -0.487 e. The summed E-state index contributed by atoms with van der Waals surface area (Å²) in [5, 5.41) is 3.15. The molecule has 1 saturated carbocycles. The van der Waals surface area contributed by atoms with Crippen LogP contribution in [-0.2, 0) is 6.61 Å². The number of carbonyl (C=O) groups excluding carboxylic acids is 1. The Morgan fingerprint density at radius 1 is 1.03 bits per heavy atom. The third-order valence-corrected chi connectivity index (χ3v) is 5.62. The van der Waals surface area contributed by atoms with E-state index in [1.54, 1.807) is 0 Å². The molecule has 5 nitrogen and oxygen atoms in total. The number of ether oxygens (including phenoxy) is 1. The standard InChI is InChI=1S/C25H28N2O3/c1-17-8-14-22(15-9-17)29-16-23-18(2)30-25(27-23)20-12-10-19(11-13-20)24(28)26-21-6-4-3-5-7-21/h8-15,21H,3-7,16H2,1-2H3,(H,26,28). The van der Waals surface area contributed by atoms with Gasteiger partial charge in [0.05, 0.1) is 0 Å². The highest BCUT2D eigenvalue weighted by atomic mass is 16.5. The first-order valence-electron chi connectivity index (χ1n) is 10.7. The molecule has 0 saturated heterocycles. The molecule has 5 heteroatoms. The van der Waals surface area contributed by atoms with Gasteiger partial charge in [0.25, 0.3) is 5.91 Å². The molecule has 0 spiro atoms. The van der Waals surface area contributed by atoms with Crippen LogP contribution in [0.2, 0.25) is 0 Å². The molecule has 0 unspecified atom stereocenters. The number of nitrogens with zero attached hydrogens (tertiary/aromatic N) is 1. The number of hydrogen-bond acceptors (Lipinski definition) is 4. The quantitative estimate of drug-likeness (QED) is 0.581. The molecule has 1 fully saturated rings. The van der Waals surface area contributed by atoms with Crippen LogP contribution in [0, 0.1) is 13.8 Å². The molecule has 3 aromatic rings. The van der Waals surface area contributed by atoms with Crippen LogP contribution >= 0.6 is 0 Å². The van der Waals surface area contributed by atoms with Gasteiger partial charge in [-0.05, 0) is 63.1 Å². The number of hydrogen-bond donors (Lipinski definition) is 1. The lowest BCUT2D eigenvalue weighted by atomic mass is 9.95. The molecule has 30 heavy (non-hydrogen) atoms. The average Bonchev–Trinajstić information content (AvgIpc) is 3.15. The number of rotatable bonds is 6. The number of aromatic nitrogens is 1. The molecule has 1 aliphatic carbocycles. The fourth-order valence-electron chi connectivity index (χ4n) is 3.75. The van der Waals surface area contributed by atoms with E-state index in [1.165, 1.54) is 24.8 Å². The monoisotopic (exact) mass is 404 g/mol. The Labute approximate surface area is 177 Å². The van der Waals surface area contributed by atoms with E-state index in [0.29, 0.717) is 24.1 Å². The summed E-state index contributed by atoms with van der Waals surface area (Å²) in [5.74, 6) is 2.06. The molecular weight excluding hydrogens is 376 g/mol. The van der Waals surface area contributed by atoms with Gasteiger partial charge >= 0.3 is 0 Å². The molecule has 0 atom stereocenters. The van der Waals surface area contributed by atoms with Crippen molar-refractivity contribution in [1.82, 2.24) is 10.3 Å². The van der Waals surface area contributed by atoms with Crippen molar-refractivity contribution in [2.75, 3.05) is 0 Å². The normalized spacial score (nSPS) is 14.5. The van der Waals surface area contributed by atoms with Crippen LogP contribution in [-0.4, -0.2) is 16.9 Å². The summed E-state index contributed by atoms with van der Waals surface area (Å²) < 4.78 is 11.7. The lowest BCUT2D eigenvalue weighted by Crippen LogP contribution is -2.36. The number of oxazole rings is 1. The molecule has 1 aromatic heterocycles. The van der Waals surface area contributed by atoms with Gasteiger partial charge in [0, 0.05) is 17.2 Å². The molecule has 2 aromatic carbocycles. The summed E-state index contributed by atoms with van der Waals surface area (Å²) in [6, 6.07) is 15.6. The van der Waals surface area contributed by atoms with Crippen molar-refractivity contribution < 1.29 is 13.9 Å². The molecule has 156 valence electrons. The Morgan fingerprint density at radius 2 is 1.73 bits per heavy atom. The maximum absolute atomic E-state index is 12.5. The summed E-state index contributed by atoms with van der Waals surface area (Å²) in [6.07, 6.45) is 5.82. The highest BCUT2D eigenvalue weighted by Gasteiger charge is 2.17. The van der Waals surface area contributed by atoms with Crippen molar-refractivity contribution in [2.24, 2.45) is 0 Å². The fourth-order valence-corrected chi connectivity index (χ4v) is 3.75. The van der Waals surface area contributed by atoms with Gasteiger partial charge in [-0.1, -0.05) is 37.0 Å². The SMILES string of the molecule is Cc1ccc(OCc2nc(-c3ccc(C(=O)NC4CCCCC4)cc3)oc2C)cc1. The largest absolute Gasteiger partial charge is 0.487 e. The highest BCUT2D eigenvalue weighted by molar-refractivity contribution is 5.94. The van der Waals surface area contributed by atoms with Gasteiger partial charge in [-0.3, -0.25) is 4.79 Å².